The second-order valence-corrected chi connectivity index (χ2v) is 14.4. The van der Waals surface area contributed by atoms with Crippen molar-refractivity contribution < 1.29 is 9.90 Å². The number of ketones is 1. The fourth-order valence-electron chi connectivity index (χ4n) is 10.6. The van der Waals surface area contributed by atoms with Gasteiger partial charge in [-0.15, -0.1) is 0 Å². The molecule has 2 spiro atoms. The van der Waals surface area contributed by atoms with Crippen molar-refractivity contribution in [2.75, 3.05) is 0 Å². The summed E-state index contributed by atoms with van der Waals surface area (Å²) in [6.45, 7) is 20.9. The van der Waals surface area contributed by atoms with Crippen molar-refractivity contribution in [3.8, 4) is 0 Å². The van der Waals surface area contributed by atoms with Crippen LogP contribution >= 0.6 is 0 Å². The summed E-state index contributed by atoms with van der Waals surface area (Å²) in [4.78, 5) is 12.9. The molecule has 2 heteroatoms. The molecule has 5 aliphatic carbocycles. The largest absolute Gasteiger partial charge is 0.505 e. The Morgan fingerprint density at radius 1 is 1.03 bits per heavy atom. The van der Waals surface area contributed by atoms with Crippen LogP contribution in [0.4, 0.5) is 0 Å². The van der Waals surface area contributed by atoms with Gasteiger partial charge in [0.05, 0.1) is 0 Å². The Balaban J connectivity index is 1.43. The number of hydrogen-bond acceptors (Lipinski definition) is 2. The molecule has 4 saturated carbocycles. The number of carbonyl (C=O) groups excluding carboxylic acids is 1. The third kappa shape index (κ3) is 2.76. The minimum absolute atomic E-state index is 0.0248. The minimum Gasteiger partial charge on any atom is -0.505 e. The molecular weight excluding hydrogens is 404 g/mol. The van der Waals surface area contributed by atoms with Gasteiger partial charge < -0.3 is 5.11 Å². The predicted octanol–water partition coefficient (Wildman–Crippen LogP) is 8.28. The predicted molar refractivity (Wildman–Crippen MR) is 136 cm³/mol. The SMILES string of the molecule is C=C(CC[C@@H](C)[C@H]1CC[C@@]2(C)[C@@H]3CC[C@H]4C(C)(C)C(=O)C(O)=C[C@@]45C[C@@]35CC[C@]12C)C(C)C. The van der Waals surface area contributed by atoms with E-state index < -0.39 is 5.41 Å². The molecule has 0 radical (unpaired) electrons. The number of aliphatic hydroxyl groups is 1. The lowest BCUT2D eigenvalue weighted by atomic mass is 9.42. The van der Waals surface area contributed by atoms with Gasteiger partial charge in [-0.05, 0) is 110 Å². The van der Waals surface area contributed by atoms with Crippen molar-refractivity contribution >= 4 is 5.78 Å². The zero-order valence-corrected chi connectivity index (χ0v) is 22.4. The highest BCUT2D eigenvalue weighted by molar-refractivity contribution is 5.99. The molecule has 0 unspecified atom stereocenters. The summed E-state index contributed by atoms with van der Waals surface area (Å²) in [7, 11) is 0. The van der Waals surface area contributed by atoms with E-state index >= 15 is 0 Å². The molecule has 0 aromatic rings. The Labute approximate surface area is 202 Å². The van der Waals surface area contributed by atoms with Crippen LogP contribution < -0.4 is 0 Å². The van der Waals surface area contributed by atoms with Gasteiger partial charge in [0, 0.05) is 10.8 Å². The average Bonchev–Trinajstić information content (AvgIpc) is 3.31. The molecule has 0 bridgehead atoms. The standard InChI is InChI=1S/C31H48O2/c1-19(2)20(3)9-10-21(4)22-13-14-29(8)25-12-11-24-27(5,6)26(33)23(32)17-31(24)18-30(25,31)16-15-28(22,29)7/h17,19,21-22,24-25,32H,3,9-16,18H2,1-2,4-8H3/t21-,22-,24+,25+,28-,29+,30+,31-/m1/s1. The second-order valence-electron chi connectivity index (χ2n) is 14.4. The Hall–Kier alpha value is -1.05. The van der Waals surface area contributed by atoms with E-state index in [1.807, 2.05) is 0 Å². The molecule has 8 atom stereocenters. The van der Waals surface area contributed by atoms with E-state index in [0.717, 1.165) is 24.2 Å². The van der Waals surface area contributed by atoms with Crippen LogP contribution in [0.25, 0.3) is 0 Å². The van der Waals surface area contributed by atoms with Crippen LogP contribution in [0, 0.1) is 56.7 Å². The third-order valence-electron chi connectivity index (χ3n) is 12.9. The normalized spacial score (nSPS) is 48.3. The maximum atomic E-state index is 12.9. The van der Waals surface area contributed by atoms with Crippen molar-refractivity contribution in [1.82, 2.24) is 0 Å². The first-order chi connectivity index (χ1) is 15.3. The van der Waals surface area contributed by atoms with Crippen molar-refractivity contribution in [2.45, 2.75) is 106 Å². The van der Waals surface area contributed by atoms with E-state index in [1.54, 1.807) is 0 Å². The summed E-state index contributed by atoms with van der Waals surface area (Å²) in [6, 6.07) is 0. The lowest BCUT2D eigenvalue weighted by molar-refractivity contribution is -0.145. The maximum Gasteiger partial charge on any atom is 0.202 e. The zero-order valence-electron chi connectivity index (χ0n) is 22.4. The molecular formula is C31H48O2. The first-order valence-electron chi connectivity index (χ1n) is 13.9. The van der Waals surface area contributed by atoms with Crippen molar-refractivity contribution in [2.24, 2.45) is 56.7 Å². The second kappa shape index (κ2) is 7.01. The van der Waals surface area contributed by atoms with Gasteiger partial charge in [-0.25, -0.2) is 0 Å². The number of rotatable bonds is 5. The van der Waals surface area contributed by atoms with Gasteiger partial charge in [-0.3, -0.25) is 4.79 Å². The Bertz CT molecular complexity index is 910. The molecule has 0 amide bonds. The smallest absolute Gasteiger partial charge is 0.202 e. The maximum absolute atomic E-state index is 12.9. The molecule has 5 rings (SSSR count). The number of Topliss-reactive ketones (excluding diaryl/α,β-unsaturated/α-hetero) is 1. The number of fused-ring (bicyclic) bond motifs is 2. The number of hydrogen-bond donors (Lipinski definition) is 1. The monoisotopic (exact) mass is 452 g/mol. The van der Waals surface area contributed by atoms with E-state index in [9.17, 15) is 9.90 Å². The first kappa shape index (κ1) is 23.7. The number of aliphatic hydroxyl groups excluding tert-OH is 1. The lowest BCUT2D eigenvalue weighted by Gasteiger charge is -2.62. The quantitative estimate of drug-likeness (QED) is 0.426. The number of allylic oxidation sites excluding steroid dienone is 3. The first-order valence-corrected chi connectivity index (χ1v) is 13.9. The van der Waals surface area contributed by atoms with Gasteiger partial charge in [-0.2, -0.15) is 0 Å². The molecule has 2 nitrogen and oxygen atoms in total. The van der Waals surface area contributed by atoms with Crippen LogP contribution in [0.5, 0.6) is 0 Å². The molecule has 0 aromatic carbocycles. The molecule has 0 aliphatic heterocycles. The number of carbonyl (C=O) groups is 1. The van der Waals surface area contributed by atoms with E-state index in [0.29, 0.717) is 28.1 Å². The Kier molecular flexibility index (Phi) is 5.03. The fourth-order valence-corrected chi connectivity index (χ4v) is 10.6. The summed E-state index contributed by atoms with van der Waals surface area (Å²) in [5.74, 6) is 3.32. The highest BCUT2D eigenvalue weighted by Gasteiger charge is 2.82. The summed E-state index contributed by atoms with van der Waals surface area (Å²) in [6.07, 6.45) is 13.5. The Morgan fingerprint density at radius 3 is 2.36 bits per heavy atom. The highest BCUT2D eigenvalue weighted by atomic mass is 16.3. The van der Waals surface area contributed by atoms with Gasteiger partial charge in [0.1, 0.15) is 0 Å². The summed E-state index contributed by atoms with van der Waals surface area (Å²) < 4.78 is 0. The third-order valence-corrected chi connectivity index (χ3v) is 12.9. The van der Waals surface area contributed by atoms with E-state index in [2.05, 4.69) is 61.1 Å². The highest BCUT2D eigenvalue weighted by Crippen LogP contribution is 2.88. The molecule has 33 heavy (non-hydrogen) atoms. The van der Waals surface area contributed by atoms with E-state index in [1.165, 1.54) is 56.9 Å². The van der Waals surface area contributed by atoms with Crippen LogP contribution in [-0.2, 0) is 4.79 Å². The molecule has 0 heterocycles. The lowest BCUT2D eigenvalue weighted by Crippen LogP contribution is -2.56. The Morgan fingerprint density at radius 2 is 1.70 bits per heavy atom. The van der Waals surface area contributed by atoms with Crippen molar-refractivity contribution in [3.63, 3.8) is 0 Å². The summed E-state index contributed by atoms with van der Waals surface area (Å²) >= 11 is 0. The van der Waals surface area contributed by atoms with Crippen LogP contribution in [-0.4, -0.2) is 10.9 Å². The van der Waals surface area contributed by atoms with Crippen LogP contribution in [0.3, 0.4) is 0 Å². The van der Waals surface area contributed by atoms with E-state index in [4.69, 9.17) is 0 Å². The van der Waals surface area contributed by atoms with Gasteiger partial charge >= 0.3 is 0 Å². The average molecular weight is 453 g/mol. The topological polar surface area (TPSA) is 37.3 Å². The molecule has 5 aliphatic rings. The van der Waals surface area contributed by atoms with Crippen molar-refractivity contribution in [3.05, 3.63) is 24.0 Å². The van der Waals surface area contributed by atoms with Gasteiger partial charge in [-0.1, -0.05) is 60.6 Å². The van der Waals surface area contributed by atoms with E-state index in [-0.39, 0.29) is 17.0 Å². The minimum atomic E-state index is -0.430. The van der Waals surface area contributed by atoms with Crippen molar-refractivity contribution in [1.29, 1.82) is 0 Å². The fraction of sp³-hybridized carbons (Fsp3) is 0.839. The molecule has 0 saturated heterocycles. The zero-order chi connectivity index (χ0) is 24.2. The van der Waals surface area contributed by atoms with Crippen LogP contribution in [0.2, 0.25) is 0 Å². The molecule has 184 valence electrons. The summed E-state index contributed by atoms with van der Waals surface area (Å²) in [5, 5.41) is 10.7. The van der Waals surface area contributed by atoms with Crippen LogP contribution in [0.15, 0.2) is 24.0 Å². The molecule has 4 fully saturated rings. The molecule has 1 N–H and O–H groups in total. The van der Waals surface area contributed by atoms with Gasteiger partial charge in [0.15, 0.2) is 5.76 Å². The van der Waals surface area contributed by atoms with Gasteiger partial charge in [0.25, 0.3) is 0 Å². The van der Waals surface area contributed by atoms with Gasteiger partial charge in [0.2, 0.25) is 5.78 Å². The van der Waals surface area contributed by atoms with Crippen LogP contribution in [0.1, 0.15) is 106 Å². The summed E-state index contributed by atoms with van der Waals surface area (Å²) in [5.41, 5.74) is 2.16. The molecule has 0 aromatic heterocycles.